The first kappa shape index (κ1) is 10.5. The monoisotopic (exact) mass is 219 g/mol. The Hall–Kier alpha value is -1.97. The molecule has 4 nitrogen and oxygen atoms in total. The van der Waals surface area contributed by atoms with E-state index in [0.29, 0.717) is 12.4 Å². The standard InChI is InChI=1S/C12H13NO3/c1-2-7-16-11-8-5-3-4-6-9(8)13-10(11)12(14)15/h3-6,13H,2,7H2,1H3,(H,14,15). The lowest BCUT2D eigenvalue weighted by Gasteiger charge is -2.03. The number of rotatable bonds is 4. The molecule has 0 atom stereocenters. The van der Waals surface area contributed by atoms with Crippen molar-refractivity contribution in [2.24, 2.45) is 0 Å². The first-order chi connectivity index (χ1) is 7.74. The van der Waals surface area contributed by atoms with Crippen LogP contribution in [0.3, 0.4) is 0 Å². The maximum Gasteiger partial charge on any atom is 0.356 e. The van der Waals surface area contributed by atoms with E-state index in [-0.39, 0.29) is 5.69 Å². The van der Waals surface area contributed by atoms with E-state index in [1.54, 1.807) is 0 Å². The van der Waals surface area contributed by atoms with Crippen LogP contribution in [0.15, 0.2) is 24.3 Å². The van der Waals surface area contributed by atoms with Crippen molar-refractivity contribution in [3.8, 4) is 5.75 Å². The molecule has 4 heteroatoms. The van der Waals surface area contributed by atoms with Crippen molar-refractivity contribution in [2.75, 3.05) is 6.61 Å². The van der Waals surface area contributed by atoms with Gasteiger partial charge in [0.05, 0.1) is 6.61 Å². The second-order valence-electron chi connectivity index (χ2n) is 3.53. The molecule has 0 spiro atoms. The second kappa shape index (κ2) is 4.26. The van der Waals surface area contributed by atoms with Gasteiger partial charge in [-0.25, -0.2) is 4.79 Å². The third-order valence-corrected chi connectivity index (χ3v) is 2.32. The molecule has 0 saturated heterocycles. The number of carboxylic acids is 1. The van der Waals surface area contributed by atoms with Gasteiger partial charge >= 0.3 is 5.97 Å². The predicted octanol–water partition coefficient (Wildman–Crippen LogP) is 2.65. The first-order valence-corrected chi connectivity index (χ1v) is 5.20. The third kappa shape index (κ3) is 1.74. The Morgan fingerprint density at radius 3 is 2.88 bits per heavy atom. The highest BCUT2D eigenvalue weighted by atomic mass is 16.5. The number of carboxylic acid groups (broad SMARTS) is 1. The van der Waals surface area contributed by atoms with Crippen LogP contribution in [0.5, 0.6) is 5.75 Å². The zero-order valence-corrected chi connectivity index (χ0v) is 8.99. The number of H-pyrrole nitrogens is 1. The molecule has 2 N–H and O–H groups in total. The van der Waals surface area contributed by atoms with Gasteiger partial charge in [-0.2, -0.15) is 0 Å². The number of aromatic amines is 1. The molecule has 0 unspecified atom stereocenters. The molecule has 0 radical (unpaired) electrons. The average Bonchev–Trinajstić information content (AvgIpc) is 2.65. The Labute approximate surface area is 92.9 Å². The summed E-state index contributed by atoms with van der Waals surface area (Å²) in [6, 6.07) is 7.40. The summed E-state index contributed by atoms with van der Waals surface area (Å²) in [4.78, 5) is 13.9. The summed E-state index contributed by atoms with van der Waals surface area (Å²) in [5.74, 6) is -0.563. The normalized spacial score (nSPS) is 10.6. The number of ether oxygens (including phenoxy) is 1. The van der Waals surface area contributed by atoms with Crippen molar-refractivity contribution >= 4 is 16.9 Å². The van der Waals surface area contributed by atoms with Gasteiger partial charge < -0.3 is 14.8 Å². The number of fused-ring (bicyclic) bond motifs is 1. The molecule has 84 valence electrons. The van der Waals surface area contributed by atoms with E-state index in [1.165, 1.54) is 0 Å². The van der Waals surface area contributed by atoms with Gasteiger partial charge in [0, 0.05) is 10.9 Å². The molecule has 0 amide bonds. The quantitative estimate of drug-likeness (QED) is 0.830. The topological polar surface area (TPSA) is 62.3 Å². The maximum absolute atomic E-state index is 11.0. The van der Waals surface area contributed by atoms with E-state index >= 15 is 0 Å². The van der Waals surface area contributed by atoms with Crippen LogP contribution < -0.4 is 4.74 Å². The number of carbonyl (C=O) groups is 1. The molecule has 0 aliphatic rings. The van der Waals surface area contributed by atoms with E-state index in [9.17, 15) is 4.79 Å². The smallest absolute Gasteiger partial charge is 0.356 e. The lowest BCUT2D eigenvalue weighted by molar-refractivity contribution is 0.0687. The summed E-state index contributed by atoms with van der Waals surface area (Å²) >= 11 is 0. The van der Waals surface area contributed by atoms with E-state index in [1.807, 2.05) is 31.2 Å². The van der Waals surface area contributed by atoms with E-state index in [0.717, 1.165) is 17.3 Å². The predicted molar refractivity (Wildman–Crippen MR) is 61.0 cm³/mol. The van der Waals surface area contributed by atoms with Crippen molar-refractivity contribution in [1.82, 2.24) is 4.98 Å². The highest BCUT2D eigenvalue weighted by molar-refractivity contribution is 6.00. The number of hydrogen-bond donors (Lipinski definition) is 2. The SMILES string of the molecule is CCCOc1c(C(=O)O)[nH]c2ccccc12. The molecule has 0 aliphatic carbocycles. The number of nitrogens with one attached hydrogen (secondary N) is 1. The largest absolute Gasteiger partial charge is 0.490 e. The van der Waals surface area contributed by atoms with Crippen LogP contribution in [0.1, 0.15) is 23.8 Å². The average molecular weight is 219 g/mol. The van der Waals surface area contributed by atoms with Gasteiger partial charge in [-0.05, 0) is 18.6 Å². The van der Waals surface area contributed by atoms with Crippen molar-refractivity contribution in [3.63, 3.8) is 0 Å². The summed E-state index contributed by atoms with van der Waals surface area (Å²) in [7, 11) is 0. The van der Waals surface area contributed by atoms with Crippen molar-refractivity contribution in [1.29, 1.82) is 0 Å². The van der Waals surface area contributed by atoms with Crippen LogP contribution in [-0.2, 0) is 0 Å². The van der Waals surface area contributed by atoms with Gasteiger partial charge in [-0.15, -0.1) is 0 Å². The molecule has 0 bridgehead atoms. The van der Waals surface area contributed by atoms with E-state index < -0.39 is 5.97 Å². The molecule has 0 fully saturated rings. The zero-order valence-electron chi connectivity index (χ0n) is 8.99. The van der Waals surface area contributed by atoms with Gasteiger partial charge in [0.2, 0.25) is 0 Å². The lowest BCUT2D eigenvalue weighted by atomic mass is 10.2. The minimum atomic E-state index is -0.998. The fourth-order valence-electron chi connectivity index (χ4n) is 1.62. The Balaban J connectivity index is 2.55. The molecule has 0 saturated carbocycles. The van der Waals surface area contributed by atoms with Crippen LogP contribution in [-0.4, -0.2) is 22.7 Å². The Morgan fingerprint density at radius 1 is 1.44 bits per heavy atom. The summed E-state index contributed by atoms with van der Waals surface area (Å²) < 4.78 is 5.49. The molecule has 2 rings (SSSR count). The van der Waals surface area contributed by atoms with Crippen molar-refractivity contribution < 1.29 is 14.6 Å². The molecule has 0 aliphatic heterocycles. The third-order valence-electron chi connectivity index (χ3n) is 2.32. The van der Waals surface area contributed by atoms with Crippen LogP contribution in [0.4, 0.5) is 0 Å². The van der Waals surface area contributed by atoms with Crippen molar-refractivity contribution in [2.45, 2.75) is 13.3 Å². The Kier molecular flexibility index (Phi) is 2.81. The highest BCUT2D eigenvalue weighted by Crippen LogP contribution is 2.30. The number of benzene rings is 1. The van der Waals surface area contributed by atoms with E-state index in [2.05, 4.69) is 4.98 Å². The van der Waals surface area contributed by atoms with Gasteiger partial charge in [0.15, 0.2) is 11.4 Å². The van der Waals surface area contributed by atoms with Gasteiger partial charge in [-0.1, -0.05) is 19.1 Å². The highest BCUT2D eigenvalue weighted by Gasteiger charge is 2.17. The molecule has 16 heavy (non-hydrogen) atoms. The Morgan fingerprint density at radius 2 is 2.19 bits per heavy atom. The summed E-state index contributed by atoms with van der Waals surface area (Å²) in [5, 5.41) is 9.87. The van der Waals surface area contributed by atoms with Gasteiger partial charge in [-0.3, -0.25) is 0 Å². The van der Waals surface area contributed by atoms with Crippen molar-refractivity contribution in [3.05, 3.63) is 30.0 Å². The van der Waals surface area contributed by atoms with Gasteiger partial charge in [0.1, 0.15) is 0 Å². The minimum absolute atomic E-state index is 0.120. The molecular weight excluding hydrogens is 206 g/mol. The summed E-state index contributed by atoms with van der Waals surface area (Å²) in [5.41, 5.74) is 0.903. The molecule has 2 aromatic rings. The number of para-hydroxylation sites is 1. The Bertz CT molecular complexity index is 516. The summed E-state index contributed by atoms with van der Waals surface area (Å²) in [6.07, 6.45) is 0.846. The fourth-order valence-corrected chi connectivity index (χ4v) is 1.62. The zero-order chi connectivity index (χ0) is 11.5. The van der Waals surface area contributed by atoms with Crippen LogP contribution in [0.25, 0.3) is 10.9 Å². The molecule has 1 aromatic carbocycles. The number of aromatic carboxylic acids is 1. The summed E-state index contributed by atoms with van der Waals surface area (Å²) in [6.45, 7) is 2.50. The van der Waals surface area contributed by atoms with Crippen LogP contribution >= 0.6 is 0 Å². The molecular formula is C12H13NO3. The van der Waals surface area contributed by atoms with Crippen LogP contribution in [0, 0.1) is 0 Å². The fraction of sp³-hybridized carbons (Fsp3) is 0.250. The molecule has 1 aromatic heterocycles. The number of aromatic nitrogens is 1. The minimum Gasteiger partial charge on any atom is -0.490 e. The lowest BCUT2D eigenvalue weighted by Crippen LogP contribution is -2.02. The van der Waals surface area contributed by atoms with Crippen LogP contribution in [0.2, 0.25) is 0 Å². The van der Waals surface area contributed by atoms with E-state index in [4.69, 9.17) is 9.84 Å². The maximum atomic E-state index is 11.0. The number of hydrogen-bond acceptors (Lipinski definition) is 2. The van der Waals surface area contributed by atoms with Gasteiger partial charge in [0.25, 0.3) is 0 Å². The first-order valence-electron chi connectivity index (χ1n) is 5.20. The molecule has 1 heterocycles. The second-order valence-corrected chi connectivity index (χ2v) is 3.53.